The van der Waals surface area contributed by atoms with E-state index in [0.717, 1.165) is 27.3 Å². The van der Waals surface area contributed by atoms with E-state index in [1.54, 1.807) is 30.3 Å². The predicted molar refractivity (Wildman–Crippen MR) is 177 cm³/mol. The van der Waals surface area contributed by atoms with Crippen LogP contribution in [0.1, 0.15) is 16.7 Å². The topological polar surface area (TPSA) is 177 Å². The summed E-state index contributed by atoms with van der Waals surface area (Å²) in [6, 6.07) is 18.5. The molecule has 0 saturated heterocycles. The molecule has 0 aliphatic rings. The average molecular weight is 642 g/mol. The van der Waals surface area contributed by atoms with E-state index in [9.17, 15) is 13.2 Å². The number of halogens is 1. The number of nitrogens with two attached hydrogens (primary N) is 1. The Balaban J connectivity index is 1.39. The van der Waals surface area contributed by atoms with Crippen LogP contribution in [0.15, 0.2) is 93.8 Å². The fourth-order valence-corrected chi connectivity index (χ4v) is 5.45. The maximum absolute atomic E-state index is 12.0. The molecule has 0 saturated carbocycles. The van der Waals surface area contributed by atoms with Crippen LogP contribution in [0.2, 0.25) is 5.28 Å². The molecule has 1 aromatic heterocycles. The van der Waals surface area contributed by atoms with Crippen molar-refractivity contribution >= 4 is 78.6 Å². The maximum Gasteiger partial charge on any atom is 0.316 e. The first-order valence-corrected chi connectivity index (χ1v) is 15.4. The van der Waals surface area contributed by atoms with E-state index in [0.29, 0.717) is 28.4 Å². The number of fused-ring (bicyclic) bond motifs is 1. The molecule has 2 amide bonds. The zero-order valence-electron chi connectivity index (χ0n) is 24.5. The number of sulfone groups is 1. The lowest BCUT2D eigenvalue weighted by atomic mass is 9.99. The van der Waals surface area contributed by atoms with Crippen molar-refractivity contribution in [2.75, 3.05) is 16.0 Å². The number of primary amides is 1. The average Bonchev–Trinajstić information content (AvgIpc) is 2.96. The number of anilines is 5. The minimum atomic E-state index is -3.56. The molecule has 228 valence electrons. The number of aromatic nitrogens is 3. The highest BCUT2D eigenvalue weighted by molar-refractivity contribution is 7.94. The first-order chi connectivity index (χ1) is 21.4. The number of carbonyl (C=O) groups is 1. The SMILES string of the molecule is C=CS(=O)(=O)c1ccc(Nc2nc(Cl)nc(Nc3ccc(N=Nc4cc5c(C)cc(C)cc5cc4C)c(NC(N)=O)c3)n2)cc1. The number of nitrogens with zero attached hydrogens (tertiary/aromatic N) is 5. The number of urea groups is 1. The Morgan fingerprint density at radius 3 is 2.16 bits per heavy atom. The lowest BCUT2D eigenvalue weighted by molar-refractivity contribution is 0.259. The molecule has 5 N–H and O–H groups in total. The second-order valence-corrected chi connectivity index (χ2v) is 12.3. The number of rotatable bonds is 9. The molecular weight excluding hydrogens is 614 g/mol. The third kappa shape index (κ3) is 7.40. The highest BCUT2D eigenvalue weighted by Crippen LogP contribution is 2.34. The van der Waals surface area contributed by atoms with Crippen molar-refractivity contribution in [1.29, 1.82) is 0 Å². The lowest BCUT2D eigenvalue weighted by Crippen LogP contribution is -2.19. The number of aryl methyl sites for hydroxylation is 3. The van der Waals surface area contributed by atoms with E-state index in [1.165, 1.54) is 17.7 Å². The van der Waals surface area contributed by atoms with Gasteiger partial charge in [-0.25, -0.2) is 13.2 Å². The van der Waals surface area contributed by atoms with Crippen molar-refractivity contribution in [2.45, 2.75) is 25.7 Å². The van der Waals surface area contributed by atoms with Crippen LogP contribution < -0.4 is 21.7 Å². The molecule has 0 aliphatic carbocycles. The van der Waals surface area contributed by atoms with Crippen molar-refractivity contribution < 1.29 is 13.2 Å². The van der Waals surface area contributed by atoms with Crippen molar-refractivity contribution in [2.24, 2.45) is 16.0 Å². The number of amides is 2. The normalized spacial score (nSPS) is 11.5. The van der Waals surface area contributed by atoms with Gasteiger partial charge in [-0.3, -0.25) is 0 Å². The molecule has 0 aliphatic heterocycles. The molecule has 5 aromatic rings. The summed E-state index contributed by atoms with van der Waals surface area (Å²) in [6.45, 7) is 9.41. The number of benzene rings is 4. The number of carbonyl (C=O) groups excluding carboxylic acids is 1. The van der Waals surface area contributed by atoms with Crippen molar-refractivity contribution in [3.8, 4) is 0 Å². The van der Waals surface area contributed by atoms with Gasteiger partial charge in [0.2, 0.25) is 17.2 Å². The van der Waals surface area contributed by atoms with E-state index < -0.39 is 15.9 Å². The Hall–Kier alpha value is -5.40. The van der Waals surface area contributed by atoms with Gasteiger partial charge in [-0.15, -0.1) is 5.11 Å². The summed E-state index contributed by atoms with van der Waals surface area (Å²) in [5, 5.41) is 20.4. The van der Waals surface area contributed by atoms with Crippen LogP contribution in [0.5, 0.6) is 0 Å². The minimum Gasteiger partial charge on any atom is -0.351 e. The van der Waals surface area contributed by atoms with Crippen molar-refractivity contribution in [3.05, 3.63) is 101 Å². The van der Waals surface area contributed by atoms with E-state index >= 15 is 0 Å². The van der Waals surface area contributed by atoms with Crippen LogP contribution >= 0.6 is 11.6 Å². The van der Waals surface area contributed by atoms with Crippen LogP contribution in [0, 0.1) is 20.8 Å². The van der Waals surface area contributed by atoms with Crippen LogP contribution in [-0.2, 0) is 9.84 Å². The van der Waals surface area contributed by atoms with Gasteiger partial charge in [0, 0.05) is 16.8 Å². The Kier molecular flexibility index (Phi) is 8.75. The standard InChI is InChI=1S/C31H28ClN9O3S/c1-5-45(43,44)23-9-6-21(7-10-23)34-30-37-28(32)38-31(39-30)35-22-8-11-25(27(15-22)36-29(33)42)40-41-26-16-24-18(3)12-17(2)13-20(24)14-19(26)4/h5-16H,1H2,2-4H3,(H3,33,36,42)(H2,34,35,37,38,39). The zero-order valence-corrected chi connectivity index (χ0v) is 26.0. The predicted octanol–water partition coefficient (Wildman–Crippen LogP) is 7.91. The summed E-state index contributed by atoms with van der Waals surface area (Å²) >= 11 is 6.14. The van der Waals surface area contributed by atoms with Crippen LogP contribution in [-0.4, -0.2) is 29.4 Å². The summed E-state index contributed by atoms with van der Waals surface area (Å²) in [5.74, 6) is 0.203. The number of hydrogen-bond donors (Lipinski definition) is 4. The van der Waals surface area contributed by atoms with Gasteiger partial charge in [0.25, 0.3) is 0 Å². The first-order valence-electron chi connectivity index (χ1n) is 13.5. The van der Waals surface area contributed by atoms with Gasteiger partial charge in [-0.05, 0) is 109 Å². The van der Waals surface area contributed by atoms with Crippen LogP contribution in [0.4, 0.5) is 45.1 Å². The highest BCUT2D eigenvalue weighted by atomic mass is 35.5. The molecule has 0 unspecified atom stereocenters. The monoisotopic (exact) mass is 641 g/mol. The summed E-state index contributed by atoms with van der Waals surface area (Å²) in [7, 11) is -3.56. The molecule has 12 nitrogen and oxygen atoms in total. The maximum atomic E-state index is 12.0. The summed E-state index contributed by atoms with van der Waals surface area (Å²) < 4.78 is 24.0. The van der Waals surface area contributed by atoms with Gasteiger partial charge in [0.1, 0.15) is 5.69 Å². The van der Waals surface area contributed by atoms with Gasteiger partial charge in [0.05, 0.1) is 16.3 Å². The molecular formula is C31H28ClN9O3S. The number of azo groups is 1. The summed E-state index contributed by atoms with van der Waals surface area (Å²) in [4.78, 5) is 24.4. The van der Waals surface area contributed by atoms with Gasteiger partial charge in [0.15, 0.2) is 9.84 Å². The molecule has 0 bridgehead atoms. The summed E-state index contributed by atoms with van der Waals surface area (Å²) in [6.07, 6.45) is 0. The minimum absolute atomic E-state index is 0.0972. The third-order valence-corrected chi connectivity index (χ3v) is 8.20. The summed E-state index contributed by atoms with van der Waals surface area (Å²) in [5.41, 5.74) is 11.1. The molecule has 4 aromatic carbocycles. The van der Waals surface area contributed by atoms with Gasteiger partial charge in [-0.2, -0.15) is 20.1 Å². The molecule has 0 fully saturated rings. The van der Waals surface area contributed by atoms with E-state index in [-0.39, 0.29) is 22.1 Å². The molecule has 14 heteroatoms. The first kappa shape index (κ1) is 31.0. The Morgan fingerprint density at radius 1 is 0.844 bits per heavy atom. The Morgan fingerprint density at radius 2 is 1.49 bits per heavy atom. The van der Waals surface area contributed by atoms with Crippen LogP contribution in [0.3, 0.4) is 0 Å². The smallest absolute Gasteiger partial charge is 0.316 e. The Bertz CT molecular complexity index is 2100. The van der Waals surface area contributed by atoms with Gasteiger partial charge in [-0.1, -0.05) is 24.3 Å². The largest absolute Gasteiger partial charge is 0.351 e. The highest BCUT2D eigenvalue weighted by Gasteiger charge is 2.12. The lowest BCUT2D eigenvalue weighted by Gasteiger charge is -2.11. The Labute approximate surface area is 264 Å². The zero-order chi connectivity index (χ0) is 32.3. The second kappa shape index (κ2) is 12.7. The van der Waals surface area contributed by atoms with E-state index in [4.69, 9.17) is 17.3 Å². The quantitative estimate of drug-likeness (QED) is 0.117. The fourth-order valence-electron chi connectivity index (χ4n) is 4.58. The van der Waals surface area contributed by atoms with Crippen molar-refractivity contribution in [3.63, 3.8) is 0 Å². The molecule has 0 spiro atoms. The fraction of sp³-hybridized carbons (Fsp3) is 0.0968. The van der Waals surface area contributed by atoms with Gasteiger partial charge < -0.3 is 21.7 Å². The van der Waals surface area contributed by atoms with E-state index in [2.05, 4.69) is 79.8 Å². The van der Waals surface area contributed by atoms with Gasteiger partial charge >= 0.3 is 6.03 Å². The number of hydrogen-bond acceptors (Lipinski definition) is 10. The molecule has 0 radical (unpaired) electrons. The molecule has 1 heterocycles. The van der Waals surface area contributed by atoms with E-state index in [1.807, 2.05) is 13.0 Å². The second-order valence-electron chi connectivity index (χ2n) is 10.1. The third-order valence-electron chi connectivity index (χ3n) is 6.66. The molecule has 0 atom stereocenters. The molecule has 5 rings (SSSR count). The van der Waals surface area contributed by atoms with Crippen molar-refractivity contribution in [1.82, 2.24) is 15.0 Å². The number of nitrogens with one attached hydrogen (secondary N) is 3. The van der Waals surface area contributed by atoms with Crippen LogP contribution in [0.25, 0.3) is 10.8 Å². The molecule has 45 heavy (non-hydrogen) atoms.